The Bertz CT molecular complexity index is 1700. The van der Waals surface area contributed by atoms with E-state index in [9.17, 15) is 43.2 Å². The Balaban J connectivity index is 1.64. The SMILES string of the molecule is CC(=O)c1cc(NC(=O)NCCN(CCNC(=O)Nc2cc(C(C)=O)cc(C(C)=O)c2)CCNC(=O)Nc2cc(C(C)=O)cc(C(C)=O)c2)cc(C(C)=O)c1. The van der Waals surface area contributed by atoms with Crippen LogP contribution in [0, 0.1) is 0 Å². The summed E-state index contributed by atoms with van der Waals surface area (Å²) in [6.45, 7) is 9.23. The van der Waals surface area contributed by atoms with Crippen molar-refractivity contribution in [3.05, 3.63) is 88.0 Å². The second-order valence-electron chi connectivity index (χ2n) is 12.7. The van der Waals surface area contributed by atoms with E-state index in [0.29, 0.717) is 0 Å². The van der Waals surface area contributed by atoms with E-state index in [-0.39, 0.29) is 124 Å². The Morgan fingerprint density at radius 3 is 0.745 bits per heavy atom. The van der Waals surface area contributed by atoms with Crippen molar-refractivity contribution in [2.45, 2.75) is 41.5 Å². The largest absolute Gasteiger partial charge is 0.337 e. The topological polar surface area (TPSA) is 229 Å². The van der Waals surface area contributed by atoms with Crippen LogP contribution < -0.4 is 31.9 Å². The predicted molar refractivity (Wildman–Crippen MR) is 207 cm³/mol. The van der Waals surface area contributed by atoms with Gasteiger partial charge in [-0.2, -0.15) is 0 Å². The second kappa shape index (κ2) is 20.1. The van der Waals surface area contributed by atoms with E-state index in [2.05, 4.69) is 31.9 Å². The first-order chi connectivity index (χ1) is 25.9. The van der Waals surface area contributed by atoms with Crippen molar-refractivity contribution in [3.8, 4) is 0 Å². The number of hydrogen-bond acceptors (Lipinski definition) is 10. The first kappa shape index (κ1) is 42.9. The number of Topliss-reactive ketones (excluding diaryl/α,β-unsaturated/α-hetero) is 6. The average molecular weight is 756 g/mol. The zero-order valence-electron chi connectivity index (χ0n) is 31.6. The van der Waals surface area contributed by atoms with Crippen LogP contribution in [0.3, 0.4) is 0 Å². The molecule has 0 unspecified atom stereocenters. The summed E-state index contributed by atoms with van der Waals surface area (Å²) in [6, 6.07) is 11.3. The Hall–Kier alpha value is -6.55. The average Bonchev–Trinajstić information content (AvgIpc) is 3.10. The van der Waals surface area contributed by atoms with Gasteiger partial charge in [-0.05, 0) is 96.1 Å². The number of anilines is 3. The van der Waals surface area contributed by atoms with Gasteiger partial charge < -0.3 is 31.9 Å². The number of ketones is 6. The zero-order chi connectivity index (χ0) is 40.8. The van der Waals surface area contributed by atoms with E-state index in [1.54, 1.807) is 0 Å². The maximum absolute atomic E-state index is 12.7. The molecular weight excluding hydrogens is 710 g/mol. The lowest BCUT2D eigenvalue weighted by atomic mass is 10.0. The van der Waals surface area contributed by atoms with Crippen molar-refractivity contribution in [1.29, 1.82) is 0 Å². The molecule has 55 heavy (non-hydrogen) atoms. The van der Waals surface area contributed by atoms with Gasteiger partial charge in [0.15, 0.2) is 34.7 Å². The van der Waals surface area contributed by atoms with Crippen LogP contribution in [0.15, 0.2) is 54.6 Å². The Labute approximate surface area is 318 Å². The van der Waals surface area contributed by atoms with E-state index in [1.807, 2.05) is 4.90 Å². The molecule has 3 aromatic carbocycles. The van der Waals surface area contributed by atoms with Crippen LogP contribution in [0.1, 0.15) is 104 Å². The smallest absolute Gasteiger partial charge is 0.319 e. The molecule has 0 spiro atoms. The van der Waals surface area contributed by atoms with Crippen LogP contribution in [0.2, 0.25) is 0 Å². The molecule has 6 amide bonds. The molecule has 0 aliphatic rings. The molecule has 0 bridgehead atoms. The molecule has 0 saturated carbocycles. The summed E-state index contributed by atoms with van der Waals surface area (Å²) in [5.41, 5.74) is 2.34. The van der Waals surface area contributed by atoms with Gasteiger partial charge in [-0.15, -0.1) is 0 Å². The van der Waals surface area contributed by atoms with Gasteiger partial charge in [-0.25, -0.2) is 14.4 Å². The molecule has 16 nitrogen and oxygen atoms in total. The quantitative estimate of drug-likeness (QED) is 0.0955. The molecular formula is C39H45N7O9. The molecule has 0 saturated heterocycles. The molecule has 0 aliphatic carbocycles. The Kier molecular flexibility index (Phi) is 15.6. The normalized spacial score (nSPS) is 10.5. The highest BCUT2D eigenvalue weighted by atomic mass is 16.2. The number of carbonyl (C=O) groups is 9. The molecule has 0 fully saturated rings. The molecule has 3 aromatic rings. The third-order valence-corrected chi connectivity index (χ3v) is 8.15. The summed E-state index contributed by atoms with van der Waals surface area (Å²) in [5.74, 6) is -1.65. The summed E-state index contributed by atoms with van der Waals surface area (Å²) in [6.07, 6.45) is 0. The van der Waals surface area contributed by atoms with Crippen molar-refractivity contribution in [2.24, 2.45) is 0 Å². The van der Waals surface area contributed by atoms with Gasteiger partial charge in [0, 0.05) is 89.7 Å². The van der Waals surface area contributed by atoms with E-state index in [1.165, 1.54) is 96.1 Å². The molecule has 3 rings (SSSR count). The molecule has 0 aliphatic heterocycles. The first-order valence-electron chi connectivity index (χ1n) is 17.3. The van der Waals surface area contributed by atoms with Crippen LogP contribution in [-0.2, 0) is 0 Å². The fraction of sp³-hybridized carbons (Fsp3) is 0.308. The van der Waals surface area contributed by atoms with Gasteiger partial charge in [0.25, 0.3) is 0 Å². The molecule has 0 heterocycles. The zero-order valence-corrected chi connectivity index (χ0v) is 31.6. The minimum Gasteiger partial charge on any atom is -0.337 e. The molecule has 0 aromatic heterocycles. The molecule has 6 N–H and O–H groups in total. The van der Waals surface area contributed by atoms with Crippen LogP contribution in [0.5, 0.6) is 0 Å². The van der Waals surface area contributed by atoms with Gasteiger partial charge in [0.2, 0.25) is 0 Å². The second-order valence-corrected chi connectivity index (χ2v) is 12.7. The highest BCUT2D eigenvalue weighted by Gasteiger charge is 2.15. The van der Waals surface area contributed by atoms with Gasteiger partial charge in [0.1, 0.15) is 0 Å². The number of benzene rings is 3. The van der Waals surface area contributed by atoms with Gasteiger partial charge >= 0.3 is 18.1 Å². The van der Waals surface area contributed by atoms with Crippen molar-refractivity contribution in [1.82, 2.24) is 20.9 Å². The van der Waals surface area contributed by atoms with Crippen LogP contribution in [-0.4, -0.2) is 97.0 Å². The molecule has 0 radical (unpaired) electrons. The maximum atomic E-state index is 12.7. The number of nitrogens with zero attached hydrogens (tertiary/aromatic N) is 1. The van der Waals surface area contributed by atoms with Gasteiger partial charge in [0.05, 0.1) is 0 Å². The minimum absolute atomic E-state index is 0.119. The highest BCUT2D eigenvalue weighted by molar-refractivity contribution is 6.04. The standard InChI is InChI=1S/C39H45N7O9/c1-22(47)28-13-29(23(2)48)17-34(16-28)43-37(53)40-7-10-46(11-8-41-38(54)44-35-18-30(24(3)49)14-31(19-35)25(4)50)12-9-42-39(55)45-36-20-32(26(5)51)15-33(21-36)27(6)52/h13-21H,7-12H2,1-6H3,(H2,40,43,53)(H2,41,44,54)(H2,42,45,55). The summed E-state index contributed by atoms with van der Waals surface area (Å²) >= 11 is 0. The van der Waals surface area contributed by atoms with Crippen molar-refractivity contribution in [2.75, 3.05) is 55.2 Å². The van der Waals surface area contributed by atoms with Crippen LogP contribution in [0.4, 0.5) is 31.4 Å². The molecule has 290 valence electrons. The van der Waals surface area contributed by atoms with Crippen LogP contribution in [0.25, 0.3) is 0 Å². The summed E-state index contributed by atoms with van der Waals surface area (Å²) < 4.78 is 0. The van der Waals surface area contributed by atoms with Gasteiger partial charge in [-0.1, -0.05) is 0 Å². The highest BCUT2D eigenvalue weighted by Crippen LogP contribution is 2.19. The van der Waals surface area contributed by atoms with Crippen molar-refractivity contribution in [3.63, 3.8) is 0 Å². The van der Waals surface area contributed by atoms with E-state index in [0.717, 1.165) is 0 Å². The number of urea groups is 3. The van der Waals surface area contributed by atoms with E-state index < -0.39 is 18.1 Å². The summed E-state index contributed by atoms with van der Waals surface area (Å²) in [7, 11) is 0. The monoisotopic (exact) mass is 755 g/mol. The van der Waals surface area contributed by atoms with E-state index >= 15 is 0 Å². The number of amides is 6. The maximum Gasteiger partial charge on any atom is 0.319 e. The van der Waals surface area contributed by atoms with Crippen molar-refractivity contribution < 1.29 is 43.2 Å². The fourth-order valence-corrected chi connectivity index (χ4v) is 5.16. The lowest BCUT2D eigenvalue weighted by Gasteiger charge is -2.23. The van der Waals surface area contributed by atoms with Gasteiger partial charge in [-0.3, -0.25) is 33.7 Å². The van der Waals surface area contributed by atoms with Crippen molar-refractivity contribution >= 4 is 69.9 Å². The number of nitrogens with one attached hydrogen (secondary N) is 6. The third kappa shape index (κ3) is 14.1. The summed E-state index contributed by atoms with van der Waals surface area (Å²) in [4.78, 5) is 112. The number of rotatable bonds is 18. The minimum atomic E-state index is -0.597. The first-order valence-corrected chi connectivity index (χ1v) is 17.3. The lowest BCUT2D eigenvalue weighted by molar-refractivity contribution is 0.0998. The lowest BCUT2D eigenvalue weighted by Crippen LogP contribution is -2.44. The van der Waals surface area contributed by atoms with E-state index in [4.69, 9.17) is 0 Å². The third-order valence-electron chi connectivity index (χ3n) is 8.15. The molecule has 0 atom stereocenters. The summed E-state index contributed by atoms with van der Waals surface area (Å²) in [5, 5.41) is 16.0. The molecule has 16 heteroatoms. The number of carbonyl (C=O) groups excluding carboxylic acids is 9. The predicted octanol–water partition coefficient (Wildman–Crippen LogP) is 4.97. The van der Waals surface area contributed by atoms with Crippen LogP contribution >= 0.6 is 0 Å². The Morgan fingerprint density at radius 1 is 0.364 bits per heavy atom. The Morgan fingerprint density at radius 2 is 0.564 bits per heavy atom. The fourth-order valence-electron chi connectivity index (χ4n) is 5.16. The number of hydrogen-bond donors (Lipinski definition) is 6.